The number of carbonyl (C=O) groups is 1. The second kappa shape index (κ2) is 8.22. The molecular weight excluding hydrogens is 290 g/mol. The largest absolute Gasteiger partial charge is 0.497 e. The van der Waals surface area contributed by atoms with Crippen LogP contribution in [-0.4, -0.2) is 26.5 Å². The van der Waals surface area contributed by atoms with Gasteiger partial charge in [0.1, 0.15) is 11.5 Å². The standard InChI is InChI=1S/C19H23NO3/c1-4-20-17-13-15(8-12-19(17)23-3)18(21)11-7-14-5-9-16(22-2)10-6-14/h5-6,8-10,12-13,20H,4,7,11H2,1-3H3. The molecule has 0 bridgehead atoms. The molecule has 0 aliphatic heterocycles. The maximum absolute atomic E-state index is 12.4. The molecule has 0 spiro atoms. The molecule has 23 heavy (non-hydrogen) atoms. The number of hydrogen-bond donors (Lipinski definition) is 1. The summed E-state index contributed by atoms with van der Waals surface area (Å²) in [5, 5.41) is 3.22. The van der Waals surface area contributed by atoms with Crippen molar-refractivity contribution in [3.63, 3.8) is 0 Å². The van der Waals surface area contributed by atoms with Crippen molar-refractivity contribution >= 4 is 11.5 Å². The third-order valence-corrected chi connectivity index (χ3v) is 3.69. The number of rotatable bonds is 8. The van der Waals surface area contributed by atoms with Gasteiger partial charge in [0.05, 0.1) is 19.9 Å². The summed E-state index contributed by atoms with van der Waals surface area (Å²) in [6.07, 6.45) is 1.19. The number of methoxy groups -OCH3 is 2. The Hall–Kier alpha value is -2.49. The molecule has 4 heteroatoms. The van der Waals surface area contributed by atoms with Crippen LogP contribution in [0.1, 0.15) is 29.3 Å². The van der Waals surface area contributed by atoms with Gasteiger partial charge in [-0.2, -0.15) is 0 Å². The number of nitrogens with one attached hydrogen (secondary N) is 1. The Balaban J connectivity index is 2.03. The van der Waals surface area contributed by atoms with Gasteiger partial charge in [-0.1, -0.05) is 12.1 Å². The summed E-state index contributed by atoms with van der Waals surface area (Å²) in [7, 11) is 3.27. The predicted octanol–water partition coefficient (Wildman–Crippen LogP) is 3.95. The lowest BCUT2D eigenvalue weighted by atomic mass is 10.0. The third kappa shape index (κ3) is 4.49. The van der Waals surface area contributed by atoms with Gasteiger partial charge in [0, 0.05) is 18.5 Å². The van der Waals surface area contributed by atoms with Crippen molar-refractivity contribution in [1.29, 1.82) is 0 Å². The topological polar surface area (TPSA) is 47.6 Å². The minimum absolute atomic E-state index is 0.127. The Kier molecular flexibility index (Phi) is 6.03. The van der Waals surface area contributed by atoms with Gasteiger partial charge in [-0.3, -0.25) is 4.79 Å². The van der Waals surface area contributed by atoms with Gasteiger partial charge < -0.3 is 14.8 Å². The van der Waals surface area contributed by atoms with Gasteiger partial charge >= 0.3 is 0 Å². The van der Waals surface area contributed by atoms with Gasteiger partial charge in [0.25, 0.3) is 0 Å². The molecule has 0 atom stereocenters. The molecule has 0 heterocycles. The average molecular weight is 313 g/mol. The summed E-state index contributed by atoms with van der Waals surface area (Å²) in [6.45, 7) is 2.79. The van der Waals surface area contributed by atoms with Crippen molar-refractivity contribution in [2.24, 2.45) is 0 Å². The second-order valence-corrected chi connectivity index (χ2v) is 5.22. The lowest BCUT2D eigenvalue weighted by Gasteiger charge is -2.11. The fraction of sp³-hybridized carbons (Fsp3) is 0.316. The van der Waals surface area contributed by atoms with Crippen LogP contribution >= 0.6 is 0 Å². The summed E-state index contributed by atoms with van der Waals surface area (Å²) < 4.78 is 10.4. The van der Waals surface area contributed by atoms with Crippen LogP contribution in [0.2, 0.25) is 0 Å². The van der Waals surface area contributed by atoms with E-state index in [4.69, 9.17) is 9.47 Å². The number of hydrogen-bond acceptors (Lipinski definition) is 4. The van der Waals surface area contributed by atoms with Crippen molar-refractivity contribution in [3.05, 3.63) is 53.6 Å². The molecule has 2 aromatic rings. The number of anilines is 1. The van der Waals surface area contributed by atoms with Crippen LogP contribution < -0.4 is 14.8 Å². The number of aryl methyl sites for hydroxylation is 1. The van der Waals surface area contributed by atoms with E-state index in [1.165, 1.54) is 0 Å². The Morgan fingerprint density at radius 2 is 1.78 bits per heavy atom. The first kappa shape index (κ1) is 16.9. The number of carbonyl (C=O) groups excluding carboxylic acids is 1. The van der Waals surface area contributed by atoms with E-state index >= 15 is 0 Å². The highest BCUT2D eigenvalue weighted by molar-refractivity contribution is 5.97. The normalized spacial score (nSPS) is 10.2. The summed E-state index contributed by atoms with van der Waals surface area (Å²) in [5.41, 5.74) is 2.68. The first-order valence-electron chi connectivity index (χ1n) is 7.76. The van der Waals surface area contributed by atoms with Crippen molar-refractivity contribution < 1.29 is 14.3 Å². The molecule has 0 aliphatic carbocycles. The highest BCUT2D eigenvalue weighted by Crippen LogP contribution is 2.26. The zero-order chi connectivity index (χ0) is 16.7. The minimum atomic E-state index is 0.127. The van der Waals surface area contributed by atoms with E-state index in [0.29, 0.717) is 18.4 Å². The zero-order valence-corrected chi connectivity index (χ0v) is 13.9. The molecule has 2 rings (SSSR count). The van der Waals surface area contributed by atoms with Crippen molar-refractivity contribution in [2.45, 2.75) is 19.8 Å². The smallest absolute Gasteiger partial charge is 0.163 e. The number of benzene rings is 2. The maximum Gasteiger partial charge on any atom is 0.163 e. The first-order chi connectivity index (χ1) is 11.2. The highest BCUT2D eigenvalue weighted by atomic mass is 16.5. The summed E-state index contributed by atoms with van der Waals surface area (Å²) in [4.78, 5) is 12.4. The molecular formula is C19H23NO3. The molecule has 0 saturated heterocycles. The van der Waals surface area contributed by atoms with Gasteiger partial charge in [0.15, 0.2) is 5.78 Å². The quantitative estimate of drug-likeness (QED) is 0.750. The van der Waals surface area contributed by atoms with E-state index in [0.717, 1.165) is 29.3 Å². The van der Waals surface area contributed by atoms with Gasteiger partial charge in [-0.15, -0.1) is 0 Å². The van der Waals surface area contributed by atoms with Crippen molar-refractivity contribution in [2.75, 3.05) is 26.1 Å². The van der Waals surface area contributed by atoms with Crippen molar-refractivity contribution in [1.82, 2.24) is 0 Å². The molecule has 0 aliphatic rings. The monoisotopic (exact) mass is 313 g/mol. The fourth-order valence-corrected chi connectivity index (χ4v) is 2.40. The Labute approximate surface area is 137 Å². The van der Waals surface area contributed by atoms with Crippen LogP contribution in [0.25, 0.3) is 0 Å². The molecule has 0 unspecified atom stereocenters. The number of Topliss-reactive ketones (excluding diaryl/α,β-unsaturated/α-hetero) is 1. The Morgan fingerprint density at radius 3 is 2.39 bits per heavy atom. The SMILES string of the molecule is CCNc1cc(C(=O)CCc2ccc(OC)cc2)ccc1OC. The van der Waals surface area contributed by atoms with E-state index in [1.54, 1.807) is 14.2 Å². The van der Waals surface area contributed by atoms with Crippen LogP contribution in [-0.2, 0) is 6.42 Å². The maximum atomic E-state index is 12.4. The molecule has 0 radical (unpaired) electrons. The van der Waals surface area contributed by atoms with Crippen LogP contribution in [0.5, 0.6) is 11.5 Å². The molecule has 0 saturated carbocycles. The van der Waals surface area contributed by atoms with E-state index in [1.807, 2.05) is 49.4 Å². The zero-order valence-electron chi connectivity index (χ0n) is 13.9. The fourth-order valence-electron chi connectivity index (χ4n) is 2.40. The lowest BCUT2D eigenvalue weighted by molar-refractivity contribution is 0.0983. The van der Waals surface area contributed by atoms with Crippen molar-refractivity contribution in [3.8, 4) is 11.5 Å². The van der Waals surface area contributed by atoms with E-state index in [2.05, 4.69) is 5.32 Å². The summed E-state index contributed by atoms with van der Waals surface area (Å²) in [6, 6.07) is 13.3. The molecule has 4 nitrogen and oxygen atoms in total. The predicted molar refractivity (Wildman–Crippen MR) is 92.8 cm³/mol. The van der Waals surface area contributed by atoms with Gasteiger partial charge in [-0.05, 0) is 49.2 Å². The van der Waals surface area contributed by atoms with Gasteiger partial charge in [-0.25, -0.2) is 0 Å². The summed E-state index contributed by atoms with van der Waals surface area (Å²) >= 11 is 0. The van der Waals surface area contributed by atoms with Crippen LogP contribution in [0, 0.1) is 0 Å². The van der Waals surface area contributed by atoms with E-state index in [-0.39, 0.29) is 5.78 Å². The van der Waals surface area contributed by atoms with Crippen LogP contribution in [0.4, 0.5) is 5.69 Å². The molecule has 2 aromatic carbocycles. The minimum Gasteiger partial charge on any atom is -0.497 e. The molecule has 0 aromatic heterocycles. The summed E-state index contributed by atoms with van der Waals surface area (Å²) in [5.74, 6) is 1.70. The molecule has 1 N–H and O–H groups in total. The average Bonchev–Trinajstić information content (AvgIpc) is 2.60. The first-order valence-corrected chi connectivity index (χ1v) is 7.76. The van der Waals surface area contributed by atoms with Gasteiger partial charge in [0.2, 0.25) is 0 Å². The van der Waals surface area contributed by atoms with Crippen LogP contribution in [0.15, 0.2) is 42.5 Å². The second-order valence-electron chi connectivity index (χ2n) is 5.22. The van der Waals surface area contributed by atoms with E-state index < -0.39 is 0 Å². The number of ketones is 1. The van der Waals surface area contributed by atoms with Crippen LogP contribution in [0.3, 0.4) is 0 Å². The molecule has 122 valence electrons. The molecule has 0 fully saturated rings. The number of ether oxygens (including phenoxy) is 2. The van der Waals surface area contributed by atoms with E-state index in [9.17, 15) is 4.79 Å². The Morgan fingerprint density at radius 1 is 1.04 bits per heavy atom. The highest BCUT2D eigenvalue weighted by Gasteiger charge is 2.10. The Bertz CT molecular complexity index is 650. The molecule has 0 amide bonds. The third-order valence-electron chi connectivity index (χ3n) is 3.69. The lowest BCUT2D eigenvalue weighted by Crippen LogP contribution is -2.05.